The highest BCUT2D eigenvalue weighted by Crippen LogP contribution is 2.19. The quantitative estimate of drug-likeness (QED) is 0.845. The van der Waals surface area contributed by atoms with Gasteiger partial charge in [-0.05, 0) is 47.6 Å². The Kier molecular flexibility index (Phi) is 2.18. The number of hydrogen-bond donors (Lipinski definition) is 1. The molecule has 1 fully saturated rings. The maximum atomic E-state index is 5.39. The van der Waals surface area contributed by atoms with Gasteiger partial charge in [0.25, 0.3) is 0 Å². The second-order valence-electron chi connectivity index (χ2n) is 2.86. The van der Waals surface area contributed by atoms with E-state index in [0.717, 1.165) is 22.1 Å². The Morgan fingerprint density at radius 2 is 2.36 bits per heavy atom. The zero-order valence-electron chi connectivity index (χ0n) is 6.14. The van der Waals surface area contributed by atoms with E-state index in [-0.39, 0.29) is 0 Å². The summed E-state index contributed by atoms with van der Waals surface area (Å²) in [6.45, 7) is 0.883. The average Bonchev–Trinajstić information content (AvgIpc) is 2.72. The molecule has 0 amide bonds. The molecule has 0 unspecified atom stereocenters. The lowest BCUT2D eigenvalue weighted by atomic mass is 10.4. The van der Waals surface area contributed by atoms with Gasteiger partial charge in [-0.25, -0.2) is 0 Å². The first-order chi connectivity index (χ1) is 5.34. The number of rotatable bonds is 3. The van der Waals surface area contributed by atoms with Gasteiger partial charge in [0.1, 0.15) is 5.76 Å². The predicted molar refractivity (Wildman–Crippen MR) is 51.3 cm³/mol. The third-order valence-corrected chi connectivity index (χ3v) is 2.35. The summed E-state index contributed by atoms with van der Waals surface area (Å²) in [6.07, 6.45) is 2.66. The van der Waals surface area contributed by atoms with Gasteiger partial charge in [-0.1, -0.05) is 0 Å². The minimum Gasteiger partial charge on any atom is -0.454 e. The van der Waals surface area contributed by atoms with Gasteiger partial charge < -0.3 is 9.73 Å². The lowest BCUT2D eigenvalue weighted by Gasteiger charge is -1.96. The predicted octanol–water partition coefficient (Wildman–Crippen LogP) is 2.14. The molecular weight excluding hydrogens is 253 g/mol. The number of halogens is 1. The standard InChI is InChI=1S/C8H10INO/c9-8-4-3-7(11-8)5-10-6-1-2-6/h3-4,6,10H,1-2,5H2. The first kappa shape index (κ1) is 7.61. The van der Waals surface area contributed by atoms with Crippen molar-refractivity contribution in [2.24, 2.45) is 0 Å². The van der Waals surface area contributed by atoms with E-state index < -0.39 is 0 Å². The number of furan rings is 1. The van der Waals surface area contributed by atoms with E-state index in [1.807, 2.05) is 12.1 Å². The molecule has 2 nitrogen and oxygen atoms in total. The van der Waals surface area contributed by atoms with Crippen LogP contribution in [0.15, 0.2) is 16.5 Å². The van der Waals surface area contributed by atoms with Crippen LogP contribution in [0, 0.1) is 3.77 Å². The summed E-state index contributed by atoms with van der Waals surface area (Å²) in [5.74, 6) is 1.04. The third-order valence-electron chi connectivity index (χ3n) is 1.77. The molecule has 1 aromatic heterocycles. The van der Waals surface area contributed by atoms with Gasteiger partial charge >= 0.3 is 0 Å². The Labute approximate surface area is 79.5 Å². The van der Waals surface area contributed by atoms with Crippen molar-refractivity contribution in [1.82, 2.24) is 5.32 Å². The van der Waals surface area contributed by atoms with E-state index >= 15 is 0 Å². The molecule has 2 rings (SSSR count). The summed E-state index contributed by atoms with van der Waals surface area (Å²) in [5, 5.41) is 3.39. The van der Waals surface area contributed by atoms with Gasteiger partial charge in [0.15, 0.2) is 3.77 Å². The first-order valence-electron chi connectivity index (χ1n) is 3.82. The Balaban J connectivity index is 1.85. The van der Waals surface area contributed by atoms with Crippen LogP contribution in [-0.2, 0) is 6.54 Å². The van der Waals surface area contributed by atoms with Gasteiger partial charge in [-0.15, -0.1) is 0 Å². The fourth-order valence-electron chi connectivity index (χ4n) is 0.979. The monoisotopic (exact) mass is 263 g/mol. The van der Waals surface area contributed by atoms with E-state index in [4.69, 9.17) is 4.42 Å². The van der Waals surface area contributed by atoms with Gasteiger partial charge in [-0.2, -0.15) is 0 Å². The van der Waals surface area contributed by atoms with Gasteiger partial charge in [0, 0.05) is 6.04 Å². The van der Waals surface area contributed by atoms with Crippen molar-refractivity contribution in [1.29, 1.82) is 0 Å². The topological polar surface area (TPSA) is 25.2 Å². The van der Waals surface area contributed by atoms with E-state index in [1.54, 1.807) is 0 Å². The molecule has 0 bridgehead atoms. The maximum absolute atomic E-state index is 5.39. The largest absolute Gasteiger partial charge is 0.454 e. The Bertz CT molecular complexity index is 242. The van der Waals surface area contributed by atoms with Crippen LogP contribution in [0.1, 0.15) is 18.6 Å². The van der Waals surface area contributed by atoms with Gasteiger partial charge in [0.05, 0.1) is 6.54 Å². The third kappa shape index (κ3) is 2.20. The summed E-state index contributed by atoms with van der Waals surface area (Å²) >= 11 is 2.18. The van der Waals surface area contributed by atoms with E-state index in [1.165, 1.54) is 12.8 Å². The minimum atomic E-state index is 0.762. The molecule has 0 spiro atoms. The lowest BCUT2D eigenvalue weighted by molar-refractivity contribution is 0.462. The van der Waals surface area contributed by atoms with E-state index in [0.29, 0.717) is 0 Å². The van der Waals surface area contributed by atoms with Crippen LogP contribution in [0.25, 0.3) is 0 Å². The zero-order valence-corrected chi connectivity index (χ0v) is 8.30. The summed E-state index contributed by atoms with van der Waals surface area (Å²) in [6, 6.07) is 4.78. The molecule has 1 heterocycles. The number of hydrogen-bond acceptors (Lipinski definition) is 2. The van der Waals surface area contributed by atoms with Crippen LogP contribution in [-0.4, -0.2) is 6.04 Å². The van der Waals surface area contributed by atoms with Crippen molar-refractivity contribution in [3.05, 3.63) is 21.7 Å². The van der Waals surface area contributed by atoms with Gasteiger partial charge in [-0.3, -0.25) is 0 Å². The summed E-state index contributed by atoms with van der Waals surface area (Å²) in [4.78, 5) is 0. The van der Waals surface area contributed by atoms with Crippen LogP contribution < -0.4 is 5.32 Å². The molecule has 3 heteroatoms. The van der Waals surface area contributed by atoms with Crippen LogP contribution >= 0.6 is 22.6 Å². The van der Waals surface area contributed by atoms with E-state index in [2.05, 4.69) is 27.9 Å². The highest BCUT2D eigenvalue weighted by molar-refractivity contribution is 14.1. The van der Waals surface area contributed by atoms with Crippen molar-refractivity contribution >= 4 is 22.6 Å². The fraction of sp³-hybridized carbons (Fsp3) is 0.500. The Morgan fingerprint density at radius 1 is 1.55 bits per heavy atom. The highest BCUT2D eigenvalue weighted by atomic mass is 127. The van der Waals surface area contributed by atoms with Crippen molar-refractivity contribution in [3.63, 3.8) is 0 Å². The second-order valence-corrected chi connectivity index (χ2v) is 3.92. The van der Waals surface area contributed by atoms with Crippen molar-refractivity contribution < 1.29 is 4.42 Å². The summed E-state index contributed by atoms with van der Waals surface area (Å²) < 4.78 is 6.35. The Morgan fingerprint density at radius 3 is 2.91 bits per heavy atom. The summed E-state index contributed by atoms with van der Waals surface area (Å²) in [7, 11) is 0. The molecule has 1 aliphatic rings. The zero-order chi connectivity index (χ0) is 7.68. The smallest absolute Gasteiger partial charge is 0.164 e. The van der Waals surface area contributed by atoms with Crippen molar-refractivity contribution in [3.8, 4) is 0 Å². The maximum Gasteiger partial charge on any atom is 0.164 e. The summed E-state index contributed by atoms with van der Waals surface area (Å²) in [5.41, 5.74) is 0. The second kappa shape index (κ2) is 3.15. The molecule has 1 saturated carbocycles. The molecule has 0 saturated heterocycles. The molecule has 11 heavy (non-hydrogen) atoms. The van der Waals surface area contributed by atoms with Crippen LogP contribution in [0.5, 0.6) is 0 Å². The fourth-order valence-corrected chi connectivity index (χ4v) is 1.44. The Hall–Kier alpha value is -0.0300. The molecule has 1 aromatic rings. The van der Waals surface area contributed by atoms with Gasteiger partial charge in [0.2, 0.25) is 0 Å². The van der Waals surface area contributed by atoms with Crippen LogP contribution in [0.3, 0.4) is 0 Å². The normalized spacial score (nSPS) is 17.2. The number of nitrogens with one attached hydrogen (secondary N) is 1. The van der Waals surface area contributed by atoms with E-state index in [9.17, 15) is 0 Å². The molecule has 60 valence electrons. The molecular formula is C8H10INO. The van der Waals surface area contributed by atoms with Crippen LogP contribution in [0.2, 0.25) is 0 Å². The SMILES string of the molecule is Ic1ccc(CNC2CC2)o1. The lowest BCUT2D eigenvalue weighted by Crippen LogP contribution is -2.14. The molecule has 0 radical (unpaired) electrons. The highest BCUT2D eigenvalue weighted by Gasteiger charge is 2.20. The molecule has 1 N–H and O–H groups in total. The minimum absolute atomic E-state index is 0.762. The van der Waals surface area contributed by atoms with Crippen molar-refractivity contribution in [2.45, 2.75) is 25.4 Å². The average molecular weight is 263 g/mol. The van der Waals surface area contributed by atoms with Crippen LogP contribution in [0.4, 0.5) is 0 Å². The molecule has 0 aromatic carbocycles. The molecule has 0 atom stereocenters. The molecule has 0 aliphatic heterocycles. The first-order valence-corrected chi connectivity index (χ1v) is 4.90. The van der Waals surface area contributed by atoms with Crippen molar-refractivity contribution in [2.75, 3.05) is 0 Å². The molecule has 1 aliphatic carbocycles.